The second-order valence-corrected chi connectivity index (χ2v) is 5.06. The Hall–Kier alpha value is -0.0300. The van der Waals surface area contributed by atoms with Crippen LogP contribution in [-0.4, -0.2) is 4.32 Å². The summed E-state index contributed by atoms with van der Waals surface area (Å²) in [5.74, 6) is 0.809. The van der Waals surface area contributed by atoms with Gasteiger partial charge in [-0.15, -0.1) is 0 Å². The molecule has 1 aliphatic rings. The van der Waals surface area contributed by atoms with Crippen molar-refractivity contribution in [2.24, 2.45) is 5.92 Å². The minimum absolute atomic E-state index is 0.266. The van der Waals surface area contributed by atoms with E-state index in [0.717, 1.165) is 12.3 Å². The predicted molar refractivity (Wildman–Crippen MR) is 44.9 cm³/mol. The standard InChI is InChI=1S/C8H12BrN/c1-8(9,6-10)5-7-3-2-4-7/h7H,2-5H2,1H3. The number of alkyl halides is 1. The molecule has 1 rings (SSSR count). The molecule has 10 heavy (non-hydrogen) atoms. The summed E-state index contributed by atoms with van der Waals surface area (Å²) in [5, 5.41) is 8.67. The number of hydrogen-bond acceptors (Lipinski definition) is 1. The van der Waals surface area contributed by atoms with E-state index in [-0.39, 0.29) is 4.32 Å². The van der Waals surface area contributed by atoms with Crippen LogP contribution in [0.2, 0.25) is 0 Å². The molecule has 1 saturated carbocycles. The number of nitrogens with zero attached hydrogens (tertiary/aromatic N) is 1. The molecule has 1 atom stereocenters. The van der Waals surface area contributed by atoms with E-state index in [0.29, 0.717) is 0 Å². The Morgan fingerprint density at radius 1 is 1.70 bits per heavy atom. The van der Waals surface area contributed by atoms with E-state index in [1.807, 2.05) is 6.92 Å². The minimum Gasteiger partial charge on any atom is -0.197 e. The van der Waals surface area contributed by atoms with Gasteiger partial charge in [0.15, 0.2) is 0 Å². The Morgan fingerprint density at radius 3 is 2.60 bits per heavy atom. The molecule has 0 amide bonds. The smallest absolute Gasteiger partial charge is 0.109 e. The molecule has 0 bridgehead atoms. The van der Waals surface area contributed by atoms with Crippen LogP contribution in [0.4, 0.5) is 0 Å². The average molecular weight is 202 g/mol. The maximum Gasteiger partial charge on any atom is 0.109 e. The van der Waals surface area contributed by atoms with Crippen LogP contribution in [0.3, 0.4) is 0 Å². The summed E-state index contributed by atoms with van der Waals surface area (Å²) in [5.41, 5.74) is 0. The highest BCUT2D eigenvalue weighted by Gasteiger charge is 2.28. The summed E-state index contributed by atoms with van der Waals surface area (Å²) < 4.78 is -0.266. The zero-order valence-electron chi connectivity index (χ0n) is 6.23. The Bertz CT molecular complexity index is 153. The highest BCUT2D eigenvalue weighted by atomic mass is 79.9. The molecule has 0 spiro atoms. The Balaban J connectivity index is 2.30. The maximum absolute atomic E-state index is 8.67. The third kappa shape index (κ3) is 1.98. The molecular formula is C8H12BrN. The fourth-order valence-electron chi connectivity index (χ4n) is 1.28. The second kappa shape index (κ2) is 2.92. The van der Waals surface area contributed by atoms with E-state index >= 15 is 0 Å². The van der Waals surface area contributed by atoms with Gasteiger partial charge in [-0.3, -0.25) is 0 Å². The number of halogens is 1. The lowest BCUT2D eigenvalue weighted by molar-refractivity contribution is 0.286. The van der Waals surface area contributed by atoms with Gasteiger partial charge in [0.2, 0.25) is 0 Å². The van der Waals surface area contributed by atoms with Gasteiger partial charge in [0.1, 0.15) is 4.32 Å². The van der Waals surface area contributed by atoms with Gasteiger partial charge in [0.05, 0.1) is 6.07 Å². The number of rotatable bonds is 2. The van der Waals surface area contributed by atoms with Crippen LogP contribution in [0.1, 0.15) is 32.6 Å². The monoisotopic (exact) mass is 201 g/mol. The van der Waals surface area contributed by atoms with Crippen LogP contribution in [-0.2, 0) is 0 Å². The fourth-order valence-corrected chi connectivity index (χ4v) is 1.74. The van der Waals surface area contributed by atoms with Crippen molar-refractivity contribution in [3.8, 4) is 6.07 Å². The van der Waals surface area contributed by atoms with Gasteiger partial charge in [-0.1, -0.05) is 35.2 Å². The van der Waals surface area contributed by atoms with E-state index in [2.05, 4.69) is 22.0 Å². The first-order chi connectivity index (χ1) is 4.64. The Labute approximate surface area is 70.5 Å². The molecule has 0 heterocycles. The Morgan fingerprint density at radius 2 is 2.30 bits per heavy atom. The van der Waals surface area contributed by atoms with Crippen molar-refractivity contribution in [3.05, 3.63) is 0 Å². The molecule has 1 aliphatic carbocycles. The van der Waals surface area contributed by atoms with E-state index in [4.69, 9.17) is 5.26 Å². The van der Waals surface area contributed by atoms with Crippen molar-refractivity contribution in [2.75, 3.05) is 0 Å². The first-order valence-electron chi connectivity index (χ1n) is 3.74. The third-order valence-corrected chi connectivity index (χ3v) is 2.63. The van der Waals surface area contributed by atoms with E-state index in [1.54, 1.807) is 0 Å². The first-order valence-corrected chi connectivity index (χ1v) is 4.53. The molecule has 1 nitrogen and oxygen atoms in total. The summed E-state index contributed by atoms with van der Waals surface area (Å²) >= 11 is 3.40. The highest BCUT2D eigenvalue weighted by Crippen LogP contribution is 2.36. The molecule has 0 saturated heterocycles. The maximum atomic E-state index is 8.67. The molecule has 0 radical (unpaired) electrons. The highest BCUT2D eigenvalue weighted by molar-refractivity contribution is 9.10. The molecule has 2 heteroatoms. The normalized spacial score (nSPS) is 24.5. The SMILES string of the molecule is CC(Br)(C#N)CC1CCC1. The van der Waals surface area contributed by atoms with Gasteiger partial charge in [0.25, 0.3) is 0 Å². The topological polar surface area (TPSA) is 23.8 Å². The van der Waals surface area contributed by atoms with Gasteiger partial charge in [0, 0.05) is 0 Å². The summed E-state index contributed by atoms with van der Waals surface area (Å²) in [6, 6.07) is 2.26. The van der Waals surface area contributed by atoms with Gasteiger partial charge in [-0.05, 0) is 19.3 Å². The van der Waals surface area contributed by atoms with Crippen LogP contribution < -0.4 is 0 Å². The van der Waals surface area contributed by atoms with Crippen LogP contribution in [0.5, 0.6) is 0 Å². The molecule has 0 aliphatic heterocycles. The molecule has 1 unspecified atom stereocenters. The average Bonchev–Trinajstić information content (AvgIpc) is 1.80. The van der Waals surface area contributed by atoms with Crippen molar-refractivity contribution in [1.82, 2.24) is 0 Å². The van der Waals surface area contributed by atoms with E-state index in [1.165, 1.54) is 19.3 Å². The molecule has 0 aromatic carbocycles. The third-order valence-electron chi connectivity index (χ3n) is 2.13. The van der Waals surface area contributed by atoms with Crippen LogP contribution in [0.15, 0.2) is 0 Å². The molecule has 0 N–H and O–H groups in total. The van der Waals surface area contributed by atoms with Gasteiger partial charge in [-0.2, -0.15) is 5.26 Å². The van der Waals surface area contributed by atoms with Crippen molar-refractivity contribution < 1.29 is 0 Å². The van der Waals surface area contributed by atoms with Crippen molar-refractivity contribution in [1.29, 1.82) is 5.26 Å². The summed E-state index contributed by atoms with van der Waals surface area (Å²) in [4.78, 5) is 0. The van der Waals surface area contributed by atoms with E-state index in [9.17, 15) is 0 Å². The lowest BCUT2D eigenvalue weighted by Crippen LogP contribution is -2.22. The molecule has 56 valence electrons. The number of hydrogen-bond donors (Lipinski definition) is 0. The zero-order valence-corrected chi connectivity index (χ0v) is 7.82. The second-order valence-electron chi connectivity index (χ2n) is 3.31. The lowest BCUT2D eigenvalue weighted by atomic mass is 9.80. The minimum atomic E-state index is -0.266. The number of nitriles is 1. The van der Waals surface area contributed by atoms with Crippen LogP contribution >= 0.6 is 15.9 Å². The Kier molecular flexibility index (Phi) is 2.36. The largest absolute Gasteiger partial charge is 0.197 e. The molecule has 1 fully saturated rings. The summed E-state index contributed by atoms with van der Waals surface area (Å²) in [6.07, 6.45) is 5.02. The fraction of sp³-hybridized carbons (Fsp3) is 0.875. The van der Waals surface area contributed by atoms with Gasteiger partial charge < -0.3 is 0 Å². The van der Waals surface area contributed by atoms with Crippen LogP contribution in [0, 0.1) is 17.2 Å². The van der Waals surface area contributed by atoms with Crippen molar-refractivity contribution in [2.45, 2.75) is 36.9 Å². The molecular weight excluding hydrogens is 190 g/mol. The molecule has 0 aromatic rings. The van der Waals surface area contributed by atoms with Gasteiger partial charge in [-0.25, -0.2) is 0 Å². The summed E-state index contributed by atoms with van der Waals surface area (Å²) in [6.45, 7) is 1.95. The lowest BCUT2D eigenvalue weighted by Gasteiger charge is -2.29. The quantitative estimate of drug-likeness (QED) is 0.631. The van der Waals surface area contributed by atoms with Crippen molar-refractivity contribution >= 4 is 15.9 Å². The molecule has 0 aromatic heterocycles. The van der Waals surface area contributed by atoms with E-state index < -0.39 is 0 Å². The van der Waals surface area contributed by atoms with Crippen molar-refractivity contribution in [3.63, 3.8) is 0 Å². The summed E-state index contributed by atoms with van der Waals surface area (Å²) in [7, 11) is 0. The van der Waals surface area contributed by atoms with Crippen LogP contribution in [0.25, 0.3) is 0 Å². The first kappa shape index (κ1) is 8.07. The zero-order chi connectivity index (χ0) is 7.61. The predicted octanol–water partition coefficient (Wildman–Crippen LogP) is 2.85. The van der Waals surface area contributed by atoms with Gasteiger partial charge >= 0.3 is 0 Å².